The first-order valence-corrected chi connectivity index (χ1v) is 6.31. The first-order valence-electron chi connectivity index (χ1n) is 5.90. The molecule has 1 fully saturated rings. The molecular weight excluding hydrogens is 301 g/mol. The number of amidine groups is 1. The average Bonchev–Trinajstić information content (AvgIpc) is 2.56. The third-order valence-corrected chi connectivity index (χ3v) is 3.41. The van der Waals surface area contributed by atoms with E-state index in [9.17, 15) is 13.2 Å². The van der Waals surface area contributed by atoms with Crippen LogP contribution in [0.1, 0.15) is 25.0 Å². The standard InChI is InChI=1S/C13H11F3N4S/c1-12(2)10(18)20(11(21)19-12)8-4-3-7(6-17)9(5-8)13(14,15)16/h3-5,18H,1-2H3,(H,19,21). The summed E-state index contributed by atoms with van der Waals surface area (Å²) in [7, 11) is 0. The highest BCUT2D eigenvalue weighted by atomic mass is 32.1. The molecule has 0 unspecified atom stereocenters. The molecule has 0 aromatic heterocycles. The van der Waals surface area contributed by atoms with Crippen molar-refractivity contribution in [2.45, 2.75) is 25.6 Å². The summed E-state index contributed by atoms with van der Waals surface area (Å²) < 4.78 is 38.9. The van der Waals surface area contributed by atoms with Crippen molar-refractivity contribution in [3.05, 3.63) is 29.3 Å². The zero-order chi connectivity index (χ0) is 16.0. The van der Waals surface area contributed by atoms with Crippen LogP contribution in [0.4, 0.5) is 18.9 Å². The number of nitrogens with one attached hydrogen (secondary N) is 2. The molecule has 2 N–H and O–H groups in total. The van der Waals surface area contributed by atoms with Crippen molar-refractivity contribution in [2.75, 3.05) is 4.90 Å². The number of hydrogen-bond acceptors (Lipinski definition) is 3. The minimum absolute atomic E-state index is 0.0466. The van der Waals surface area contributed by atoms with Gasteiger partial charge in [-0.15, -0.1) is 0 Å². The van der Waals surface area contributed by atoms with Crippen LogP contribution in [0.3, 0.4) is 0 Å². The zero-order valence-electron chi connectivity index (χ0n) is 11.2. The lowest BCUT2D eigenvalue weighted by molar-refractivity contribution is -0.137. The summed E-state index contributed by atoms with van der Waals surface area (Å²) >= 11 is 5.07. The summed E-state index contributed by atoms with van der Waals surface area (Å²) in [6, 6.07) is 4.78. The molecule has 1 heterocycles. The fourth-order valence-corrected chi connectivity index (χ4v) is 2.47. The van der Waals surface area contributed by atoms with Crippen molar-refractivity contribution < 1.29 is 13.2 Å². The van der Waals surface area contributed by atoms with Crippen LogP contribution in [-0.4, -0.2) is 16.5 Å². The van der Waals surface area contributed by atoms with Gasteiger partial charge in [-0.2, -0.15) is 18.4 Å². The first kappa shape index (κ1) is 15.3. The second-order valence-electron chi connectivity index (χ2n) is 5.08. The summed E-state index contributed by atoms with van der Waals surface area (Å²) in [5, 5.41) is 19.8. The van der Waals surface area contributed by atoms with Crippen LogP contribution in [0.25, 0.3) is 0 Å². The van der Waals surface area contributed by atoms with Gasteiger partial charge in [-0.1, -0.05) is 0 Å². The van der Waals surface area contributed by atoms with Gasteiger partial charge in [-0.3, -0.25) is 10.3 Å². The minimum atomic E-state index is -4.65. The Morgan fingerprint density at radius 1 is 1.38 bits per heavy atom. The zero-order valence-corrected chi connectivity index (χ0v) is 12.0. The van der Waals surface area contributed by atoms with Gasteiger partial charge in [0.2, 0.25) is 0 Å². The molecule has 1 aromatic carbocycles. The van der Waals surface area contributed by atoms with Gasteiger partial charge in [0, 0.05) is 0 Å². The maximum Gasteiger partial charge on any atom is 0.417 e. The number of benzene rings is 1. The molecule has 1 aliphatic heterocycles. The van der Waals surface area contributed by atoms with Crippen molar-refractivity contribution in [3.8, 4) is 6.07 Å². The number of hydrogen-bond donors (Lipinski definition) is 2. The Morgan fingerprint density at radius 2 is 2.00 bits per heavy atom. The SMILES string of the molecule is CC1(C)NC(=S)N(c2ccc(C#N)c(C(F)(F)F)c2)C1=N. The molecule has 2 rings (SSSR count). The third-order valence-electron chi connectivity index (χ3n) is 3.13. The Labute approximate surface area is 124 Å². The molecule has 4 nitrogen and oxygen atoms in total. The summed E-state index contributed by atoms with van der Waals surface area (Å²) in [6.45, 7) is 3.41. The topological polar surface area (TPSA) is 62.9 Å². The third kappa shape index (κ3) is 2.56. The van der Waals surface area contributed by atoms with E-state index in [4.69, 9.17) is 22.9 Å². The van der Waals surface area contributed by atoms with Crippen LogP contribution in [0.15, 0.2) is 18.2 Å². The van der Waals surface area contributed by atoms with Crippen LogP contribution in [0, 0.1) is 16.7 Å². The Hall–Kier alpha value is -2.14. The van der Waals surface area contributed by atoms with Crippen LogP contribution < -0.4 is 10.2 Å². The molecule has 0 radical (unpaired) electrons. The molecule has 110 valence electrons. The van der Waals surface area contributed by atoms with E-state index in [1.54, 1.807) is 13.8 Å². The van der Waals surface area contributed by atoms with Crippen LogP contribution >= 0.6 is 12.2 Å². The largest absolute Gasteiger partial charge is 0.417 e. The van der Waals surface area contributed by atoms with Crippen LogP contribution in [0.2, 0.25) is 0 Å². The molecule has 1 saturated heterocycles. The lowest BCUT2D eigenvalue weighted by Crippen LogP contribution is -2.39. The number of halogens is 3. The lowest BCUT2D eigenvalue weighted by Gasteiger charge is -2.21. The Morgan fingerprint density at radius 3 is 2.43 bits per heavy atom. The van der Waals surface area contributed by atoms with Crippen molar-refractivity contribution in [2.24, 2.45) is 0 Å². The molecule has 0 aliphatic carbocycles. The van der Waals surface area contributed by atoms with E-state index in [1.807, 2.05) is 0 Å². The molecule has 1 aromatic rings. The lowest BCUT2D eigenvalue weighted by atomic mass is 10.0. The highest BCUT2D eigenvalue weighted by Gasteiger charge is 2.41. The van der Waals surface area contributed by atoms with Gasteiger partial charge in [-0.25, -0.2) is 0 Å². The number of nitrogens with zero attached hydrogens (tertiary/aromatic N) is 2. The van der Waals surface area contributed by atoms with Gasteiger partial charge < -0.3 is 5.32 Å². The van der Waals surface area contributed by atoms with Crippen molar-refractivity contribution >= 4 is 28.9 Å². The predicted octanol–water partition coefficient (Wildman–Crippen LogP) is 3.03. The fraction of sp³-hybridized carbons (Fsp3) is 0.308. The van der Waals surface area contributed by atoms with Gasteiger partial charge in [0.1, 0.15) is 5.84 Å². The second kappa shape index (κ2) is 4.70. The quantitative estimate of drug-likeness (QED) is 0.783. The molecule has 0 spiro atoms. The minimum Gasteiger partial charge on any atom is -0.350 e. The molecule has 0 saturated carbocycles. The van der Waals surface area contributed by atoms with Gasteiger partial charge in [0.15, 0.2) is 5.11 Å². The molecule has 0 bridgehead atoms. The van der Waals surface area contributed by atoms with Gasteiger partial charge in [-0.05, 0) is 44.3 Å². The number of nitriles is 1. The first-order chi connectivity index (χ1) is 9.58. The molecule has 1 aliphatic rings. The van der Waals surface area contributed by atoms with Gasteiger partial charge in [0.25, 0.3) is 0 Å². The summed E-state index contributed by atoms with van der Waals surface area (Å²) in [4.78, 5) is 1.23. The van der Waals surface area contributed by atoms with Crippen LogP contribution in [0.5, 0.6) is 0 Å². The monoisotopic (exact) mass is 312 g/mol. The van der Waals surface area contributed by atoms with E-state index in [0.717, 1.165) is 12.1 Å². The van der Waals surface area contributed by atoms with Gasteiger partial charge >= 0.3 is 6.18 Å². The molecule has 8 heteroatoms. The molecule has 21 heavy (non-hydrogen) atoms. The summed E-state index contributed by atoms with van der Waals surface area (Å²) in [6.07, 6.45) is -4.65. The number of rotatable bonds is 1. The summed E-state index contributed by atoms with van der Waals surface area (Å²) in [5.41, 5.74) is -2.16. The number of alkyl halides is 3. The van der Waals surface area contributed by atoms with E-state index < -0.39 is 22.8 Å². The normalized spacial score (nSPS) is 17.6. The predicted molar refractivity (Wildman–Crippen MR) is 76.2 cm³/mol. The van der Waals surface area contributed by atoms with Crippen molar-refractivity contribution in [1.29, 1.82) is 10.7 Å². The van der Waals surface area contributed by atoms with E-state index in [2.05, 4.69) is 5.32 Å². The van der Waals surface area contributed by atoms with E-state index in [0.29, 0.717) is 0 Å². The average molecular weight is 312 g/mol. The van der Waals surface area contributed by atoms with Gasteiger partial charge in [0.05, 0.1) is 28.4 Å². The van der Waals surface area contributed by atoms with E-state index in [1.165, 1.54) is 17.0 Å². The smallest absolute Gasteiger partial charge is 0.350 e. The molecule has 0 atom stereocenters. The Balaban J connectivity index is 2.55. The van der Waals surface area contributed by atoms with E-state index >= 15 is 0 Å². The number of thiocarbonyl (C=S) groups is 1. The fourth-order valence-electron chi connectivity index (χ4n) is 2.01. The molecule has 0 amide bonds. The second-order valence-corrected chi connectivity index (χ2v) is 5.47. The van der Waals surface area contributed by atoms with Crippen molar-refractivity contribution in [1.82, 2.24) is 5.32 Å². The maximum absolute atomic E-state index is 13.0. The highest BCUT2D eigenvalue weighted by Crippen LogP contribution is 2.35. The van der Waals surface area contributed by atoms with Crippen LogP contribution in [-0.2, 0) is 6.18 Å². The highest BCUT2D eigenvalue weighted by molar-refractivity contribution is 7.80. The maximum atomic E-state index is 13.0. The summed E-state index contributed by atoms with van der Waals surface area (Å²) in [5.74, 6) is 0.0466. The number of anilines is 1. The Bertz CT molecular complexity index is 673. The molecular formula is C13H11F3N4S. The Kier molecular flexibility index (Phi) is 3.41. The van der Waals surface area contributed by atoms with E-state index in [-0.39, 0.29) is 16.6 Å². The van der Waals surface area contributed by atoms with Crippen molar-refractivity contribution in [3.63, 3.8) is 0 Å².